The molecule has 0 atom stereocenters. The normalized spacial score (nSPS) is 10.3. The lowest BCUT2D eigenvalue weighted by atomic mass is 10.2. The Balaban J connectivity index is 3.10. The Hall–Kier alpha value is -1.90. The minimum Gasteiger partial charge on any atom is -0.395 e. The largest absolute Gasteiger partial charge is 0.395 e. The van der Waals surface area contributed by atoms with Crippen LogP contribution in [0.3, 0.4) is 0 Å². The van der Waals surface area contributed by atoms with Crippen LogP contribution in [0.4, 0.5) is 17.1 Å². The molecule has 0 fully saturated rings. The molecule has 1 aromatic rings. The van der Waals surface area contributed by atoms with Gasteiger partial charge in [-0.3, -0.25) is 10.1 Å². The number of nitrogens with one attached hydrogen (secondary N) is 1. The topological polar surface area (TPSA) is 119 Å². The zero-order valence-electron chi connectivity index (χ0n) is 11.0. The number of hydrogen-bond donors (Lipinski definition) is 4. The fraction of sp³-hybridized carbons (Fsp3) is 0.500. The number of hydrogen-bond acceptors (Lipinski definition) is 7. The molecule has 0 amide bonds. The van der Waals surface area contributed by atoms with E-state index in [1.54, 1.807) is 11.0 Å². The first kappa shape index (κ1) is 16.2. The standard InChI is InChI=1S/C12H19N3O5/c16-6-3-13-11-9-10(15(19)20)1-2-12(11)14(4-7-17)5-8-18/h1-2,9,13,16-18H,3-8H2. The van der Waals surface area contributed by atoms with E-state index in [1.165, 1.54) is 12.1 Å². The van der Waals surface area contributed by atoms with Crippen LogP contribution in [-0.4, -0.2) is 59.7 Å². The van der Waals surface area contributed by atoms with Crippen LogP contribution in [0, 0.1) is 10.1 Å². The molecule has 4 N–H and O–H groups in total. The lowest BCUT2D eigenvalue weighted by molar-refractivity contribution is -0.384. The molecule has 1 aromatic carbocycles. The lowest BCUT2D eigenvalue weighted by Gasteiger charge is -2.25. The van der Waals surface area contributed by atoms with Crippen LogP contribution >= 0.6 is 0 Å². The van der Waals surface area contributed by atoms with Crippen LogP contribution in [0.2, 0.25) is 0 Å². The van der Waals surface area contributed by atoms with Crippen molar-refractivity contribution in [3.05, 3.63) is 28.3 Å². The molecule has 8 heteroatoms. The van der Waals surface area contributed by atoms with Gasteiger partial charge in [-0.1, -0.05) is 0 Å². The number of rotatable bonds is 9. The van der Waals surface area contributed by atoms with Crippen LogP contribution < -0.4 is 10.2 Å². The van der Waals surface area contributed by atoms with Crippen molar-refractivity contribution in [2.45, 2.75) is 0 Å². The second-order valence-corrected chi connectivity index (χ2v) is 4.04. The summed E-state index contributed by atoms with van der Waals surface area (Å²) in [6.07, 6.45) is 0. The van der Waals surface area contributed by atoms with Crippen molar-refractivity contribution in [2.24, 2.45) is 0 Å². The maximum atomic E-state index is 10.8. The Labute approximate surface area is 116 Å². The van der Waals surface area contributed by atoms with Crippen LogP contribution in [0.25, 0.3) is 0 Å². The van der Waals surface area contributed by atoms with E-state index in [2.05, 4.69) is 5.32 Å². The van der Waals surface area contributed by atoms with Crippen molar-refractivity contribution >= 4 is 17.1 Å². The number of aliphatic hydroxyl groups is 3. The fourth-order valence-corrected chi connectivity index (χ4v) is 1.84. The molecule has 8 nitrogen and oxygen atoms in total. The van der Waals surface area contributed by atoms with Gasteiger partial charge < -0.3 is 25.5 Å². The van der Waals surface area contributed by atoms with Crippen molar-refractivity contribution in [1.82, 2.24) is 0 Å². The van der Waals surface area contributed by atoms with E-state index in [0.717, 1.165) is 0 Å². The molecular weight excluding hydrogens is 266 g/mol. The monoisotopic (exact) mass is 285 g/mol. The summed E-state index contributed by atoms with van der Waals surface area (Å²) in [5, 5.41) is 40.6. The van der Waals surface area contributed by atoms with Gasteiger partial charge in [0.1, 0.15) is 0 Å². The van der Waals surface area contributed by atoms with E-state index in [4.69, 9.17) is 15.3 Å². The minimum absolute atomic E-state index is 0.0675. The molecule has 0 aliphatic heterocycles. The van der Waals surface area contributed by atoms with E-state index in [9.17, 15) is 10.1 Å². The molecule has 0 heterocycles. The van der Waals surface area contributed by atoms with Crippen molar-refractivity contribution < 1.29 is 20.2 Å². The zero-order valence-corrected chi connectivity index (χ0v) is 11.0. The quantitative estimate of drug-likeness (QED) is 0.366. The Kier molecular flexibility index (Phi) is 6.71. The zero-order chi connectivity index (χ0) is 15.0. The van der Waals surface area contributed by atoms with Gasteiger partial charge in [0.05, 0.1) is 36.1 Å². The van der Waals surface area contributed by atoms with E-state index in [-0.39, 0.29) is 32.1 Å². The fourth-order valence-electron chi connectivity index (χ4n) is 1.84. The molecule has 0 unspecified atom stereocenters. The van der Waals surface area contributed by atoms with Gasteiger partial charge in [0.25, 0.3) is 5.69 Å². The molecule has 112 valence electrons. The average molecular weight is 285 g/mol. The third kappa shape index (κ3) is 4.34. The summed E-state index contributed by atoms with van der Waals surface area (Å²) in [5.74, 6) is 0. The van der Waals surface area contributed by atoms with Gasteiger partial charge in [-0.05, 0) is 6.07 Å². The summed E-state index contributed by atoms with van der Waals surface area (Å²) in [7, 11) is 0. The number of benzene rings is 1. The molecule has 0 spiro atoms. The summed E-state index contributed by atoms with van der Waals surface area (Å²) >= 11 is 0. The molecule has 0 radical (unpaired) electrons. The predicted molar refractivity (Wildman–Crippen MR) is 75.1 cm³/mol. The first-order valence-corrected chi connectivity index (χ1v) is 6.24. The van der Waals surface area contributed by atoms with Gasteiger partial charge in [-0.15, -0.1) is 0 Å². The molecule has 0 saturated heterocycles. The maximum absolute atomic E-state index is 10.8. The van der Waals surface area contributed by atoms with E-state index in [1.807, 2.05) is 0 Å². The van der Waals surface area contributed by atoms with Gasteiger partial charge >= 0.3 is 0 Å². The molecule has 0 aliphatic rings. The smallest absolute Gasteiger partial charge is 0.271 e. The van der Waals surface area contributed by atoms with Crippen molar-refractivity contribution in [1.29, 1.82) is 0 Å². The van der Waals surface area contributed by atoms with Crippen LogP contribution in [0.15, 0.2) is 18.2 Å². The SMILES string of the molecule is O=[N+]([O-])c1ccc(N(CCO)CCO)c(NCCO)c1. The summed E-state index contributed by atoms with van der Waals surface area (Å²) in [5.41, 5.74) is 1.05. The van der Waals surface area contributed by atoms with Crippen LogP contribution in [0.1, 0.15) is 0 Å². The number of nitrogens with zero attached hydrogens (tertiary/aromatic N) is 2. The van der Waals surface area contributed by atoms with Gasteiger partial charge in [0, 0.05) is 31.8 Å². The molecule has 0 bridgehead atoms. The number of aliphatic hydroxyl groups excluding tert-OH is 3. The third-order valence-electron chi connectivity index (χ3n) is 2.70. The summed E-state index contributed by atoms with van der Waals surface area (Å²) in [4.78, 5) is 12.0. The molecule has 0 saturated carbocycles. The number of nitro groups is 1. The van der Waals surface area contributed by atoms with Crippen LogP contribution in [0.5, 0.6) is 0 Å². The van der Waals surface area contributed by atoms with Gasteiger partial charge in [-0.2, -0.15) is 0 Å². The molecule has 20 heavy (non-hydrogen) atoms. The van der Waals surface area contributed by atoms with Gasteiger partial charge in [0.2, 0.25) is 0 Å². The minimum atomic E-state index is -0.504. The second-order valence-electron chi connectivity index (χ2n) is 4.04. The van der Waals surface area contributed by atoms with Crippen molar-refractivity contribution in [3.8, 4) is 0 Å². The van der Waals surface area contributed by atoms with E-state index < -0.39 is 4.92 Å². The molecular formula is C12H19N3O5. The average Bonchev–Trinajstić information content (AvgIpc) is 2.44. The predicted octanol–water partition coefficient (Wildman–Crippen LogP) is -0.210. The third-order valence-corrected chi connectivity index (χ3v) is 2.70. The number of nitro benzene ring substituents is 1. The maximum Gasteiger partial charge on any atom is 0.271 e. The highest BCUT2D eigenvalue weighted by atomic mass is 16.6. The van der Waals surface area contributed by atoms with E-state index in [0.29, 0.717) is 24.5 Å². The highest BCUT2D eigenvalue weighted by Crippen LogP contribution is 2.30. The van der Waals surface area contributed by atoms with Crippen LogP contribution in [-0.2, 0) is 0 Å². The summed E-state index contributed by atoms with van der Waals surface area (Å²) in [6, 6.07) is 4.29. The van der Waals surface area contributed by atoms with Crippen molar-refractivity contribution in [3.63, 3.8) is 0 Å². The Morgan fingerprint density at radius 3 is 2.30 bits per heavy atom. The Bertz CT molecular complexity index is 435. The summed E-state index contributed by atoms with van der Waals surface area (Å²) < 4.78 is 0. The van der Waals surface area contributed by atoms with E-state index >= 15 is 0 Å². The van der Waals surface area contributed by atoms with Gasteiger partial charge in [0.15, 0.2) is 0 Å². The Morgan fingerprint density at radius 1 is 1.15 bits per heavy atom. The molecule has 0 aromatic heterocycles. The second kappa shape index (κ2) is 8.31. The highest BCUT2D eigenvalue weighted by Gasteiger charge is 2.15. The Morgan fingerprint density at radius 2 is 1.80 bits per heavy atom. The first-order valence-electron chi connectivity index (χ1n) is 6.24. The first-order chi connectivity index (χ1) is 9.63. The van der Waals surface area contributed by atoms with Gasteiger partial charge in [-0.25, -0.2) is 0 Å². The number of non-ortho nitro benzene ring substituents is 1. The summed E-state index contributed by atoms with van der Waals surface area (Å²) in [6.45, 7) is 0.535. The lowest BCUT2D eigenvalue weighted by Crippen LogP contribution is -2.30. The molecule has 0 aliphatic carbocycles. The molecule has 1 rings (SSSR count). The highest BCUT2D eigenvalue weighted by molar-refractivity contribution is 5.73. The number of anilines is 2. The van der Waals surface area contributed by atoms with Crippen molar-refractivity contribution in [2.75, 3.05) is 49.7 Å².